The largest absolute Gasteiger partial charge is 0.465 e. The van der Waals surface area contributed by atoms with E-state index in [0.29, 0.717) is 29.1 Å². The Morgan fingerprint density at radius 3 is 2.65 bits per heavy atom. The molecule has 0 unspecified atom stereocenters. The molecule has 3 rings (SSSR count). The fourth-order valence-electron chi connectivity index (χ4n) is 2.84. The van der Waals surface area contributed by atoms with Crippen LogP contribution >= 0.6 is 11.3 Å². The summed E-state index contributed by atoms with van der Waals surface area (Å²) in [6.45, 7) is 2.43. The van der Waals surface area contributed by atoms with Gasteiger partial charge in [0.15, 0.2) is 0 Å². The van der Waals surface area contributed by atoms with Gasteiger partial charge in [-0.15, -0.1) is 11.3 Å². The lowest BCUT2D eigenvalue weighted by Gasteiger charge is -2.24. The lowest BCUT2D eigenvalue weighted by molar-refractivity contribution is 0.0526. The Hall–Kier alpha value is -2.87. The van der Waals surface area contributed by atoms with Crippen LogP contribution < -0.4 is 5.32 Å². The number of hydrogen-bond donors (Lipinski definition) is 2. The molecule has 26 heavy (non-hydrogen) atoms. The smallest absolute Gasteiger partial charge is 0.407 e. The topological polar surface area (TPSA) is 95.9 Å². The predicted octanol–water partition coefficient (Wildman–Crippen LogP) is 3.21. The molecule has 136 valence electrons. The summed E-state index contributed by atoms with van der Waals surface area (Å²) in [5, 5.41) is 12.4. The van der Waals surface area contributed by atoms with Crippen molar-refractivity contribution in [1.82, 2.24) is 4.90 Å². The van der Waals surface area contributed by atoms with Crippen LogP contribution in [-0.2, 0) is 17.7 Å². The quantitative estimate of drug-likeness (QED) is 0.801. The average molecular weight is 374 g/mol. The van der Waals surface area contributed by atoms with Gasteiger partial charge in [0.1, 0.15) is 5.00 Å². The van der Waals surface area contributed by atoms with Crippen LogP contribution in [-0.4, -0.2) is 41.1 Å². The van der Waals surface area contributed by atoms with E-state index in [4.69, 9.17) is 4.74 Å². The number of ether oxygens (including phenoxy) is 1. The van der Waals surface area contributed by atoms with Crippen LogP contribution in [0.3, 0.4) is 0 Å². The molecule has 0 atom stereocenters. The van der Waals surface area contributed by atoms with Gasteiger partial charge in [-0.05, 0) is 31.0 Å². The first-order valence-electron chi connectivity index (χ1n) is 8.17. The molecule has 0 spiro atoms. The van der Waals surface area contributed by atoms with E-state index in [2.05, 4.69) is 5.32 Å². The maximum absolute atomic E-state index is 12.5. The van der Waals surface area contributed by atoms with Crippen molar-refractivity contribution in [3.63, 3.8) is 0 Å². The second-order valence-electron chi connectivity index (χ2n) is 5.70. The Morgan fingerprint density at radius 2 is 2.00 bits per heavy atom. The number of nitrogens with one attached hydrogen (secondary N) is 1. The highest BCUT2D eigenvalue weighted by atomic mass is 32.1. The zero-order valence-corrected chi connectivity index (χ0v) is 15.0. The first-order valence-corrected chi connectivity index (χ1v) is 8.98. The lowest BCUT2D eigenvalue weighted by Crippen LogP contribution is -2.34. The average Bonchev–Trinajstić information content (AvgIpc) is 2.99. The number of carboxylic acid groups (broad SMARTS) is 1. The van der Waals surface area contributed by atoms with Crippen molar-refractivity contribution in [3.8, 4) is 0 Å². The van der Waals surface area contributed by atoms with Gasteiger partial charge in [0.05, 0.1) is 18.7 Å². The first kappa shape index (κ1) is 17.9. The van der Waals surface area contributed by atoms with Gasteiger partial charge in [-0.2, -0.15) is 0 Å². The van der Waals surface area contributed by atoms with Crippen molar-refractivity contribution in [3.05, 3.63) is 51.9 Å². The van der Waals surface area contributed by atoms with Gasteiger partial charge in [-0.3, -0.25) is 4.79 Å². The molecule has 0 saturated heterocycles. The molecule has 7 nitrogen and oxygen atoms in total. The van der Waals surface area contributed by atoms with Crippen LogP contribution in [0.2, 0.25) is 0 Å². The maximum atomic E-state index is 12.5. The molecule has 0 radical (unpaired) electrons. The number of nitrogens with zero attached hydrogens (tertiary/aromatic N) is 1. The standard InChI is InChI=1S/C18H18N2O5S/c1-2-25-17(22)14-12-8-9-20(18(23)24)10-13(12)26-16(14)19-15(21)11-6-4-3-5-7-11/h3-7H,2,8-10H2,1H3,(H,19,21)(H,23,24). The molecule has 2 aromatic rings. The van der Waals surface area contributed by atoms with Crippen LogP contribution in [0.15, 0.2) is 30.3 Å². The van der Waals surface area contributed by atoms with E-state index in [1.54, 1.807) is 31.2 Å². The molecule has 2 heterocycles. The molecule has 0 fully saturated rings. The first-order chi connectivity index (χ1) is 12.5. The van der Waals surface area contributed by atoms with E-state index in [-0.39, 0.29) is 19.1 Å². The Labute approximate surface area is 154 Å². The molecule has 2 N–H and O–H groups in total. The normalized spacial score (nSPS) is 13.0. The van der Waals surface area contributed by atoms with Gasteiger partial charge < -0.3 is 20.1 Å². The van der Waals surface area contributed by atoms with Gasteiger partial charge in [0.25, 0.3) is 5.91 Å². The third-order valence-electron chi connectivity index (χ3n) is 4.07. The minimum Gasteiger partial charge on any atom is -0.465 e. The number of carbonyl (C=O) groups is 3. The molecule has 2 amide bonds. The van der Waals surface area contributed by atoms with E-state index in [9.17, 15) is 19.5 Å². The molecule has 1 aliphatic heterocycles. The van der Waals surface area contributed by atoms with Crippen LogP contribution in [0.1, 0.15) is 38.1 Å². The summed E-state index contributed by atoms with van der Waals surface area (Å²) in [5.74, 6) is -0.832. The minimum atomic E-state index is -1.00. The van der Waals surface area contributed by atoms with Crippen molar-refractivity contribution >= 4 is 34.3 Å². The second-order valence-corrected chi connectivity index (χ2v) is 6.81. The maximum Gasteiger partial charge on any atom is 0.407 e. The number of fused-ring (bicyclic) bond motifs is 1. The molecule has 1 aromatic heterocycles. The number of amides is 2. The third kappa shape index (κ3) is 3.55. The third-order valence-corrected chi connectivity index (χ3v) is 5.20. The Kier molecular flexibility index (Phi) is 5.22. The van der Waals surface area contributed by atoms with Crippen LogP contribution in [0.25, 0.3) is 0 Å². The van der Waals surface area contributed by atoms with Gasteiger partial charge in [0, 0.05) is 17.0 Å². The van der Waals surface area contributed by atoms with Crippen molar-refractivity contribution in [2.24, 2.45) is 0 Å². The molecule has 0 aliphatic carbocycles. The molecule has 0 saturated carbocycles. The molecule has 0 bridgehead atoms. The highest BCUT2D eigenvalue weighted by Crippen LogP contribution is 2.38. The van der Waals surface area contributed by atoms with Crippen molar-refractivity contribution in [1.29, 1.82) is 0 Å². The fourth-order valence-corrected chi connectivity index (χ4v) is 4.09. The van der Waals surface area contributed by atoms with Gasteiger partial charge in [-0.25, -0.2) is 9.59 Å². The number of thiophene rings is 1. The second kappa shape index (κ2) is 7.57. The highest BCUT2D eigenvalue weighted by molar-refractivity contribution is 7.17. The van der Waals surface area contributed by atoms with E-state index in [1.807, 2.05) is 6.07 Å². The van der Waals surface area contributed by atoms with Gasteiger partial charge in [0.2, 0.25) is 0 Å². The molecular weight excluding hydrogens is 356 g/mol. The van der Waals surface area contributed by atoms with Crippen LogP contribution in [0.5, 0.6) is 0 Å². The van der Waals surface area contributed by atoms with Crippen LogP contribution in [0.4, 0.5) is 9.80 Å². The van der Waals surface area contributed by atoms with E-state index in [1.165, 1.54) is 16.2 Å². The lowest BCUT2D eigenvalue weighted by atomic mass is 10.0. The number of anilines is 1. The highest BCUT2D eigenvalue weighted by Gasteiger charge is 2.31. The van der Waals surface area contributed by atoms with Gasteiger partial charge >= 0.3 is 12.1 Å². The van der Waals surface area contributed by atoms with Crippen molar-refractivity contribution in [2.75, 3.05) is 18.5 Å². The zero-order chi connectivity index (χ0) is 18.7. The molecule has 1 aromatic carbocycles. The summed E-state index contributed by atoms with van der Waals surface area (Å²) in [4.78, 5) is 38.2. The summed E-state index contributed by atoms with van der Waals surface area (Å²) in [5.41, 5.74) is 1.57. The molecular formula is C18H18N2O5S. The molecule has 1 aliphatic rings. The van der Waals surface area contributed by atoms with Crippen molar-refractivity contribution < 1.29 is 24.2 Å². The van der Waals surface area contributed by atoms with E-state index >= 15 is 0 Å². The SMILES string of the molecule is CCOC(=O)c1c(NC(=O)c2ccccc2)sc2c1CCN(C(=O)O)C2. The summed E-state index contributed by atoms with van der Waals surface area (Å²) in [7, 11) is 0. The Morgan fingerprint density at radius 1 is 1.27 bits per heavy atom. The number of rotatable bonds is 4. The summed E-state index contributed by atoms with van der Waals surface area (Å²) in [6.07, 6.45) is -0.593. The summed E-state index contributed by atoms with van der Waals surface area (Å²) in [6, 6.07) is 8.68. The molecule has 8 heteroatoms. The van der Waals surface area contributed by atoms with Crippen molar-refractivity contribution in [2.45, 2.75) is 19.9 Å². The Balaban J connectivity index is 1.95. The number of esters is 1. The predicted molar refractivity (Wildman–Crippen MR) is 96.8 cm³/mol. The monoisotopic (exact) mass is 374 g/mol. The van der Waals surface area contributed by atoms with Crippen LogP contribution in [0, 0.1) is 0 Å². The summed E-state index contributed by atoms with van der Waals surface area (Å²) < 4.78 is 5.14. The Bertz CT molecular complexity index is 847. The minimum absolute atomic E-state index is 0.197. The fraction of sp³-hybridized carbons (Fsp3) is 0.278. The van der Waals surface area contributed by atoms with E-state index in [0.717, 1.165) is 10.4 Å². The summed E-state index contributed by atoms with van der Waals surface area (Å²) >= 11 is 1.22. The number of benzene rings is 1. The number of carbonyl (C=O) groups excluding carboxylic acids is 2. The van der Waals surface area contributed by atoms with Gasteiger partial charge in [-0.1, -0.05) is 18.2 Å². The number of hydrogen-bond acceptors (Lipinski definition) is 5. The van der Waals surface area contributed by atoms with E-state index < -0.39 is 12.1 Å². The zero-order valence-electron chi connectivity index (χ0n) is 14.2.